The quantitative estimate of drug-likeness (QED) is 0.658. The maximum Gasteiger partial charge on any atom is 0.337 e. The molecule has 2 aromatic carbocycles. The molecule has 0 saturated heterocycles. The Labute approximate surface area is 155 Å². The lowest BCUT2D eigenvalue weighted by Crippen LogP contribution is -2.11. The van der Waals surface area contributed by atoms with Gasteiger partial charge in [0.15, 0.2) is 11.5 Å². The molecule has 0 fully saturated rings. The number of nitrogens with one attached hydrogen (secondary N) is 1. The van der Waals surface area contributed by atoms with E-state index in [1.807, 2.05) is 0 Å². The lowest BCUT2D eigenvalue weighted by Gasteiger charge is -2.08. The summed E-state index contributed by atoms with van der Waals surface area (Å²) < 4.78 is 29.6. The fraction of sp³-hybridized carbons (Fsp3) is 0.200. The van der Waals surface area contributed by atoms with Gasteiger partial charge in [-0.15, -0.1) is 0 Å². The van der Waals surface area contributed by atoms with Gasteiger partial charge in [-0.1, -0.05) is 6.07 Å². The van der Waals surface area contributed by atoms with E-state index in [0.29, 0.717) is 24.7 Å². The van der Waals surface area contributed by atoms with Crippen LogP contribution in [0.5, 0.6) is 11.5 Å². The van der Waals surface area contributed by atoms with Gasteiger partial charge in [-0.25, -0.2) is 9.18 Å². The average Bonchev–Trinajstić information content (AvgIpc) is 2.92. The second-order valence-corrected chi connectivity index (χ2v) is 5.77. The molecule has 140 valence electrons. The van der Waals surface area contributed by atoms with Gasteiger partial charge in [0.2, 0.25) is 5.91 Å². The minimum Gasteiger partial charge on any atom is -0.490 e. The fourth-order valence-corrected chi connectivity index (χ4v) is 2.50. The molecule has 27 heavy (non-hydrogen) atoms. The number of carbonyl (C=O) groups excluding carboxylic acids is 2. The summed E-state index contributed by atoms with van der Waals surface area (Å²) >= 11 is 0. The van der Waals surface area contributed by atoms with Crippen molar-refractivity contribution in [3.8, 4) is 11.5 Å². The van der Waals surface area contributed by atoms with Crippen molar-refractivity contribution < 1.29 is 28.2 Å². The molecule has 1 amide bonds. The zero-order valence-corrected chi connectivity index (χ0v) is 14.7. The minimum absolute atomic E-state index is 0.105. The van der Waals surface area contributed by atoms with Gasteiger partial charge in [-0.2, -0.15) is 0 Å². The van der Waals surface area contributed by atoms with Crippen molar-refractivity contribution in [2.45, 2.75) is 6.42 Å². The molecule has 1 heterocycles. The first-order chi connectivity index (χ1) is 13.1. The van der Waals surface area contributed by atoms with Crippen LogP contribution in [0.25, 0.3) is 6.08 Å². The van der Waals surface area contributed by atoms with E-state index in [2.05, 4.69) is 10.1 Å². The van der Waals surface area contributed by atoms with Gasteiger partial charge >= 0.3 is 5.97 Å². The molecule has 1 aliphatic rings. The predicted molar refractivity (Wildman–Crippen MR) is 97.5 cm³/mol. The Bertz CT molecular complexity index is 894. The summed E-state index contributed by atoms with van der Waals surface area (Å²) in [5.74, 6) is -0.529. The van der Waals surface area contributed by atoms with Crippen molar-refractivity contribution in [1.29, 1.82) is 0 Å². The molecule has 1 N–H and O–H groups in total. The Balaban J connectivity index is 1.71. The zero-order chi connectivity index (χ0) is 19.2. The molecule has 6 nitrogen and oxygen atoms in total. The summed E-state index contributed by atoms with van der Waals surface area (Å²) in [4.78, 5) is 23.6. The van der Waals surface area contributed by atoms with E-state index in [0.717, 1.165) is 18.1 Å². The SMILES string of the molecule is COC(=O)c1ccc(F)c(NC(=O)C=Cc2ccc3c(c2)OCCCO3)c1. The first kappa shape index (κ1) is 18.4. The maximum absolute atomic E-state index is 13.9. The van der Waals surface area contributed by atoms with Crippen LogP contribution in [-0.2, 0) is 9.53 Å². The first-order valence-corrected chi connectivity index (χ1v) is 8.33. The first-order valence-electron chi connectivity index (χ1n) is 8.33. The lowest BCUT2D eigenvalue weighted by atomic mass is 10.1. The number of rotatable bonds is 4. The zero-order valence-electron chi connectivity index (χ0n) is 14.7. The number of hydrogen-bond donors (Lipinski definition) is 1. The summed E-state index contributed by atoms with van der Waals surface area (Å²) in [5.41, 5.74) is 0.769. The summed E-state index contributed by atoms with van der Waals surface area (Å²) in [6.45, 7) is 1.16. The molecular formula is C20H18FNO5. The van der Waals surface area contributed by atoms with Crippen LogP contribution in [0.2, 0.25) is 0 Å². The van der Waals surface area contributed by atoms with E-state index in [1.165, 1.54) is 25.3 Å². The van der Waals surface area contributed by atoms with E-state index in [4.69, 9.17) is 9.47 Å². The van der Waals surface area contributed by atoms with Crippen molar-refractivity contribution in [3.05, 3.63) is 59.4 Å². The van der Waals surface area contributed by atoms with Gasteiger partial charge in [-0.3, -0.25) is 4.79 Å². The molecule has 3 rings (SSSR count). The molecule has 1 aliphatic heterocycles. The van der Waals surface area contributed by atoms with Gasteiger partial charge in [0.05, 0.1) is 31.6 Å². The number of hydrogen-bond acceptors (Lipinski definition) is 5. The standard InChI is InChI=1S/C20H18FNO5/c1-25-20(24)14-5-6-15(21)16(12-14)22-19(23)8-4-13-3-7-17-18(11-13)27-10-2-9-26-17/h3-8,11-12H,2,9-10H2,1H3,(H,22,23). The highest BCUT2D eigenvalue weighted by Crippen LogP contribution is 2.30. The summed E-state index contributed by atoms with van der Waals surface area (Å²) in [5, 5.41) is 2.41. The number of halogens is 1. The van der Waals surface area contributed by atoms with E-state index in [-0.39, 0.29) is 11.3 Å². The van der Waals surface area contributed by atoms with E-state index in [1.54, 1.807) is 24.3 Å². The van der Waals surface area contributed by atoms with Gasteiger partial charge < -0.3 is 19.5 Å². The molecule has 0 saturated carbocycles. The molecule has 0 aromatic heterocycles. The Morgan fingerprint density at radius 3 is 2.67 bits per heavy atom. The number of esters is 1. The van der Waals surface area contributed by atoms with Gasteiger partial charge in [0.1, 0.15) is 5.82 Å². The van der Waals surface area contributed by atoms with Crippen molar-refractivity contribution in [1.82, 2.24) is 0 Å². The van der Waals surface area contributed by atoms with E-state index < -0.39 is 17.7 Å². The van der Waals surface area contributed by atoms with Crippen molar-refractivity contribution in [2.75, 3.05) is 25.6 Å². The molecule has 0 unspecified atom stereocenters. The fourth-order valence-electron chi connectivity index (χ4n) is 2.50. The van der Waals surface area contributed by atoms with Crippen LogP contribution >= 0.6 is 0 Å². The molecule has 2 aromatic rings. The number of carbonyl (C=O) groups is 2. The van der Waals surface area contributed by atoms with Crippen molar-refractivity contribution >= 4 is 23.6 Å². The molecule has 0 spiro atoms. The monoisotopic (exact) mass is 371 g/mol. The number of methoxy groups -OCH3 is 1. The predicted octanol–water partition coefficient (Wildman–Crippen LogP) is 3.43. The highest BCUT2D eigenvalue weighted by atomic mass is 19.1. The van der Waals surface area contributed by atoms with Crippen LogP contribution < -0.4 is 14.8 Å². The largest absolute Gasteiger partial charge is 0.490 e. The van der Waals surface area contributed by atoms with Gasteiger partial charge in [0, 0.05) is 12.5 Å². The normalized spacial score (nSPS) is 13.1. The lowest BCUT2D eigenvalue weighted by molar-refractivity contribution is -0.111. The Morgan fingerprint density at radius 2 is 1.89 bits per heavy atom. The third-order valence-electron chi connectivity index (χ3n) is 3.84. The van der Waals surface area contributed by atoms with Crippen LogP contribution in [0.3, 0.4) is 0 Å². The molecule has 0 atom stereocenters. The molecule has 0 bridgehead atoms. The van der Waals surface area contributed by atoms with Gasteiger partial charge in [0.25, 0.3) is 0 Å². The third-order valence-corrected chi connectivity index (χ3v) is 3.84. The van der Waals surface area contributed by atoms with Crippen molar-refractivity contribution in [2.24, 2.45) is 0 Å². The van der Waals surface area contributed by atoms with Crippen molar-refractivity contribution in [3.63, 3.8) is 0 Å². The average molecular weight is 371 g/mol. The second kappa shape index (κ2) is 8.35. The highest BCUT2D eigenvalue weighted by Gasteiger charge is 2.12. The van der Waals surface area contributed by atoms with Gasteiger partial charge in [-0.05, 0) is 42.0 Å². The number of amides is 1. The molecule has 0 radical (unpaired) electrons. The Hall–Kier alpha value is -3.35. The second-order valence-electron chi connectivity index (χ2n) is 5.77. The highest BCUT2D eigenvalue weighted by molar-refractivity contribution is 6.02. The van der Waals surface area contributed by atoms with E-state index in [9.17, 15) is 14.0 Å². The number of anilines is 1. The van der Waals surface area contributed by atoms with Crippen LogP contribution in [0.4, 0.5) is 10.1 Å². The number of benzene rings is 2. The van der Waals surface area contributed by atoms with E-state index >= 15 is 0 Å². The number of fused-ring (bicyclic) bond motifs is 1. The van der Waals surface area contributed by atoms with Crippen LogP contribution in [0.1, 0.15) is 22.3 Å². The summed E-state index contributed by atoms with van der Waals surface area (Å²) in [6, 6.07) is 8.93. The minimum atomic E-state index is -0.653. The summed E-state index contributed by atoms with van der Waals surface area (Å²) in [6.07, 6.45) is 3.65. The maximum atomic E-state index is 13.9. The van der Waals surface area contributed by atoms with Crippen LogP contribution in [-0.4, -0.2) is 32.2 Å². The van der Waals surface area contributed by atoms with Crippen LogP contribution in [0, 0.1) is 5.82 Å². The molecule has 7 heteroatoms. The third kappa shape index (κ3) is 4.63. The topological polar surface area (TPSA) is 73.9 Å². The van der Waals surface area contributed by atoms with Crippen LogP contribution in [0.15, 0.2) is 42.5 Å². The Morgan fingerprint density at radius 1 is 1.11 bits per heavy atom. The summed E-state index contributed by atoms with van der Waals surface area (Å²) in [7, 11) is 1.22. The Kier molecular flexibility index (Phi) is 5.71. The molecule has 0 aliphatic carbocycles. The number of ether oxygens (including phenoxy) is 3. The molecular weight excluding hydrogens is 353 g/mol. The smallest absolute Gasteiger partial charge is 0.337 e.